The molecule has 3 heterocycles. The second kappa shape index (κ2) is 5.71. The Morgan fingerprint density at radius 3 is 2.76 bits per heavy atom. The summed E-state index contributed by atoms with van der Waals surface area (Å²) in [5, 5.41) is 0.955. The van der Waals surface area contributed by atoms with E-state index in [2.05, 4.69) is 9.97 Å². The summed E-state index contributed by atoms with van der Waals surface area (Å²) in [7, 11) is -3.86. The van der Waals surface area contributed by atoms with Gasteiger partial charge in [0.1, 0.15) is 4.90 Å². The van der Waals surface area contributed by atoms with Gasteiger partial charge in [0.2, 0.25) is 0 Å². The van der Waals surface area contributed by atoms with Gasteiger partial charge < -0.3 is 4.98 Å². The third kappa shape index (κ3) is 2.54. The highest BCUT2D eigenvalue weighted by Crippen LogP contribution is 2.28. The standard InChI is InChI=1S/C18H13N3O3S/c22-12-13-8-18(15-3-4-17-14(9-15)5-7-20-17)21(11-13)25(23,24)16-2-1-6-19-10-16/h1-12,20H. The number of benzene rings is 1. The minimum Gasteiger partial charge on any atom is -0.361 e. The van der Waals surface area contributed by atoms with Crippen LogP contribution in [0.1, 0.15) is 10.4 Å². The molecule has 0 radical (unpaired) electrons. The summed E-state index contributed by atoms with van der Waals surface area (Å²) in [4.78, 5) is 18.2. The maximum Gasteiger partial charge on any atom is 0.269 e. The number of carbonyl (C=O) groups excluding carboxylic acids is 1. The number of carbonyl (C=O) groups is 1. The molecule has 1 aromatic carbocycles. The van der Waals surface area contributed by atoms with Crippen LogP contribution in [0.2, 0.25) is 0 Å². The van der Waals surface area contributed by atoms with E-state index in [0.29, 0.717) is 17.5 Å². The van der Waals surface area contributed by atoms with Crippen LogP contribution in [0.4, 0.5) is 0 Å². The predicted molar refractivity (Wildman–Crippen MR) is 93.9 cm³/mol. The van der Waals surface area contributed by atoms with E-state index in [1.165, 1.54) is 24.7 Å². The van der Waals surface area contributed by atoms with Gasteiger partial charge in [-0.05, 0) is 42.0 Å². The van der Waals surface area contributed by atoms with Gasteiger partial charge in [0, 0.05) is 41.3 Å². The van der Waals surface area contributed by atoms with Crippen LogP contribution in [0.15, 0.2) is 72.1 Å². The lowest BCUT2D eigenvalue weighted by molar-refractivity contribution is 0.112. The van der Waals surface area contributed by atoms with Crippen molar-refractivity contribution in [2.24, 2.45) is 0 Å². The summed E-state index contributed by atoms with van der Waals surface area (Å²) in [5.74, 6) is 0. The van der Waals surface area contributed by atoms with Crippen LogP contribution >= 0.6 is 0 Å². The normalized spacial score (nSPS) is 11.7. The predicted octanol–water partition coefficient (Wildman–Crippen LogP) is 3.08. The maximum absolute atomic E-state index is 13.0. The van der Waals surface area contributed by atoms with Crippen molar-refractivity contribution in [1.29, 1.82) is 0 Å². The van der Waals surface area contributed by atoms with Crippen molar-refractivity contribution in [3.8, 4) is 11.3 Å². The molecule has 0 spiro atoms. The average molecular weight is 351 g/mol. The first-order valence-electron chi connectivity index (χ1n) is 7.50. The molecule has 0 saturated heterocycles. The van der Waals surface area contributed by atoms with Crippen molar-refractivity contribution in [3.63, 3.8) is 0 Å². The molecule has 0 aliphatic carbocycles. The maximum atomic E-state index is 13.0. The van der Waals surface area contributed by atoms with Crippen LogP contribution in [0.3, 0.4) is 0 Å². The Bertz CT molecular complexity index is 1170. The van der Waals surface area contributed by atoms with Crippen molar-refractivity contribution < 1.29 is 13.2 Å². The van der Waals surface area contributed by atoms with E-state index in [4.69, 9.17) is 0 Å². The van der Waals surface area contributed by atoms with Crippen LogP contribution in [-0.4, -0.2) is 28.6 Å². The van der Waals surface area contributed by atoms with Gasteiger partial charge in [0.05, 0.1) is 5.69 Å². The second-order valence-electron chi connectivity index (χ2n) is 5.55. The number of aldehydes is 1. The summed E-state index contributed by atoms with van der Waals surface area (Å²) >= 11 is 0. The van der Waals surface area contributed by atoms with Gasteiger partial charge in [-0.1, -0.05) is 6.07 Å². The lowest BCUT2D eigenvalue weighted by Crippen LogP contribution is -2.13. The third-order valence-corrected chi connectivity index (χ3v) is 5.64. The fraction of sp³-hybridized carbons (Fsp3) is 0. The summed E-state index contributed by atoms with van der Waals surface area (Å²) < 4.78 is 27.1. The van der Waals surface area contributed by atoms with Crippen LogP contribution in [0, 0.1) is 0 Å². The lowest BCUT2D eigenvalue weighted by Gasteiger charge is -2.10. The van der Waals surface area contributed by atoms with Gasteiger partial charge in [-0.15, -0.1) is 0 Å². The monoisotopic (exact) mass is 351 g/mol. The third-order valence-electron chi connectivity index (χ3n) is 3.98. The highest BCUT2D eigenvalue weighted by Gasteiger charge is 2.22. The van der Waals surface area contributed by atoms with E-state index in [9.17, 15) is 13.2 Å². The van der Waals surface area contributed by atoms with E-state index in [1.54, 1.807) is 12.1 Å². The molecule has 0 aliphatic rings. The van der Waals surface area contributed by atoms with E-state index >= 15 is 0 Å². The molecule has 0 fully saturated rings. The SMILES string of the molecule is O=Cc1cc(-c2ccc3[nH]ccc3c2)n(S(=O)(=O)c2cccnc2)c1. The van der Waals surface area contributed by atoms with E-state index in [1.807, 2.05) is 30.5 Å². The first-order chi connectivity index (χ1) is 12.1. The molecule has 7 heteroatoms. The number of hydrogen-bond donors (Lipinski definition) is 1. The fourth-order valence-corrected chi connectivity index (χ4v) is 4.11. The Balaban J connectivity index is 1.94. The van der Waals surface area contributed by atoms with Gasteiger partial charge in [-0.25, -0.2) is 12.4 Å². The highest BCUT2D eigenvalue weighted by molar-refractivity contribution is 7.90. The lowest BCUT2D eigenvalue weighted by atomic mass is 10.1. The minimum absolute atomic E-state index is 0.0621. The van der Waals surface area contributed by atoms with Crippen LogP contribution in [0.25, 0.3) is 22.2 Å². The zero-order valence-corrected chi connectivity index (χ0v) is 13.8. The molecule has 4 aromatic rings. The summed E-state index contributed by atoms with van der Waals surface area (Å²) in [6.45, 7) is 0. The summed E-state index contributed by atoms with van der Waals surface area (Å²) in [6.07, 6.45) is 6.57. The molecule has 0 unspecified atom stereocenters. The van der Waals surface area contributed by atoms with Crippen molar-refractivity contribution in [1.82, 2.24) is 13.9 Å². The molecule has 3 aromatic heterocycles. The molecular formula is C18H13N3O3S. The van der Waals surface area contributed by atoms with Gasteiger partial charge in [0.15, 0.2) is 6.29 Å². The number of pyridine rings is 1. The Kier molecular flexibility index (Phi) is 3.51. The minimum atomic E-state index is -3.86. The smallest absolute Gasteiger partial charge is 0.269 e. The fourth-order valence-electron chi connectivity index (χ4n) is 2.76. The highest BCUT2D eigenvalue weighted by atomic mass is 32.2. The number of hydrogen-bond acceptors (Lipinski definition) is 4. The van der Waals surface area contributed by atoms with Crippen molar-refractivity contribution in [2.75, 3.05) is 0 Å². The van der Waals surface area contributed by atoms with Crippen molar-refractivity contribution >= 4 is 27.2 Å². The number of nitrogens with zero attached hydrogens (tertiary/aromatic N) is 2. The average Bonchev–Trinajstić information content (AvgIpc) is 3.28. The number of aromatic nitrogens is 3. The van der Waals surface area contributed by atoms with Crippen molar-refractivity contribution in [3.05, 3.63) is 72.8 Å². The second-order valence-corrected chi connectivity index (χ2v) is 7.36. The zero-order chi connectivity index (χ0) is 17.4. The molecule has 0 aliphatic heterocycles. The van der Waals surface area contributed by atoms with E-state index < -0.39 is 10.0 Å². The molecule has 0 bridgehead atoms. The topological polar surface area (TPSA) is 84.8 Å². The zero-order valence-electron chi connectivity index (χ0n) is 13.0. The first kappa shape index (κ1) is 15.3. The Morgan fingerprint density at radius 1 is 1.12 bits per heavy atom. The van der Waals surface area contributed by atoms with Gasteiger partial charge >= 0.3 is 0 Å². The molecule has 6 nitrogen and oxygen atoms in total. The molecule has 4 rings (SSSR count). The van der Waals surface area contributed by atoms with Crippen molar-refractivity contribution in [2.45, 2.75) is 4.90 Å². The van der Waals surface area contributed by atoms with Crippen LogP contribution in [-0.2, 0) is 10.0 Å². The van der Waals surface area contributed by atoms with Crippen LogP contribution < -0.4 is 0 Å². The first-order valence-corrected chi connectivity index (χ1v) is 8.94. The van der Waals surface area contributed by atoms with Gasteiger partial charge in [0.25, 0.3) is 10.0 Å². The van der Waals surface area contributed by atoms with Gasteiger partial charge in [-0.3, -0.25) is 9.78 Å². The Morgan fingerprint density at radius 2 is 2.00 bits per heavy atom. The molecule has 0 amide bonds. The van der Waals surface area contributed by atoms with E-state index in [-0.39, 0.29) is 10.5 Å². The number of rotatable bonds is 4. The van der Waals surface area contributed by atoms with Gasteiger partial charge in [-0.2, -0.15) is 0 Å². The number of aromatic amines is 1. The number of fused-ring (bicyclic) bond motifs is 1. The Hall–Kier alpha value is -3.19. The summed E-state index contributed by atoms with van der Waals surface area (Å²) in [5.41, 5.74) is 2.37. The Labute approximate surface area is 143 Å². The molecule has 0 saturated carbocycles. The molecule has 0 atom stereocenters. The largest absolute Gasteiger partial charge is 0.361 e. The number of H-pyrrole nitrogens is 1. The van der Waals surface area contributed by atoms with Crippen LogP contribution in [0.5, 0.6) is 0 Å². The molecular weight excluding hydrogens is 338 g/mol. The molecule has 124 valence electrons. The molecule has 1 N–H and O–H groups in total. The summed E-state index contributed by atoms with van der Waals surface area (Å²) in [6, 6.07) is 12.1. The quantitative estimate of drug-likeness (QED) is 0.573. The molecule has 25 heavy (non-hydrogen) atoms. The van der Waals surface area contributed by atoms with E-state index in [0.717, 1.165) is 14.9 Å². The number of nitrogens with one attached hydrogen (secondary N) is 1.